The van der Waals surface area contributed by atoms with Crippen molar-refractivity contribution in [1.29, 1.82) is 0 Å². The molecule has 0 spiro atoms. The highest BCUT2D eigenvalue weighted by Crippen LogP contribution is 2.34. The Kier molecular flexibility index (Phi) is 5.09. The Labute approximate surface area is 168 Å². The predicted molar refractivity (Wildman–Crippen MR) is 103 cm³/mol. The van der Waals surface area contributed by atoms with Crippen molar-refractivity contribution >= 4 is 40.4 Å². The van der Waals surface area contributed by atoms with E-state index in [9.17, 15) is 9.59 Å². The van der Waals surface area contributed by atoms with Gasteiger partial charge in [0.2, 0.25) is 11.8 Å². The van der Waals surface area contributed by atoms with Gasteiger partial charge in [-0.3, -0.25) is 9.59 Å². The fourth-order valence-electron chi connectivity index (χ4n) is 2.47. The van der Waals surface area contributed by atoms with Gasteiger partial charge in [0.15, 0.2) is 11.5 Å². The van der Waals surface area contributed by atoms with E-state index in [1.165, 1.54) is 0 Å². The van der Waals surface area contributed by atoms with Gasteiger partial charge in [0.05, 0.1) is 17.1 Å². The van der Waals surface area contributed by atoms with Gasteiger partial charge in [-0.05, 0) is 24.3 Å². The minimum atomic E-state index is -0.403. The van der Waals surface area contributed by atoms with E-state index < -0.39 is 5.91 Å². The molecule has 0 saturated heterocycles. The second-order valence-electron chi connectivity index (χ2n) is 5.69. The van der Waals surface area contributed by atoms with Crippen LogP contribution in [-0.2, 0) is 6.54 Å². The number of benzene rings is 2. The zero-order valence-corrected chi connectivity index (χ0v) is 15.8. The normalized spacial score (nSPS) is 11.9. The molecule has 1 aromatic heterocycles. The lowest BCUT2D eigenvalue weighted by Crippen LogP contribution is -2.23. The number of hydrogen-bond acceptors (Lipinski definition) is 7. The molecule has 2 N–H and O–H groups in total. The van der Waals surface area contributed by atoms with Gasteiger partial charge in [-0.2, -0.15) is 0 Å². The van der Waals surface area contributed by atoms with Crippen LogP contribution >= 0.6 is 22.9 Å². The first kappa shape index (κ1) is 18.2. The van der Waals surface area contributed by atoms with Gasteiger partial charge in [-0.1, -0.05) is 35.1 Å². The molecule has 2 aromatic carbocycles. The van der Waals surface area contributed by atoms with Crippen LogP contribution in [0.1, 0.15) is 25.2 Å². The fourth-order valence-corrected chi connectivity index (χ4v) is 3.37. The third-order valence-corrected chi connectivity index (χ3v) is 5.06. The summed E-state index contributed by atoms with van der Waals surface area (Å²) in [6.07, 6.45) is 0. The number of fused-ring (bicyclic) bond motifs is 1. The third kappa shape index (κ3) is 3.90. The fraction of sp³-hybridized carbons (Fsp3) is 0.111. The Morgan fingerprint density at radius 2 is 1.89 bits per heavy atom. The number of halogens is 1. The van der Waals surface area contributed by atoms with Crippen LogP contribution in [0, 0.1) is 0 Å². The lowest BCUT2D eigenvalue weighted by atomic mass is 10.2. The quantitative estimate of drug-likeness (QED) is 0.662. The van der Waals surface area contributed by atoms with Crippen LogP contribution in [0.25, 0.3) is 0 Å². The molecule has 10 heteroatoms. The molecule has 0 bridgehead atoms. The number of amides is 2. The van der Waals surface area contributed by atoms with Crippen molar-refractivity contribution < 1.29 is 19.1 Å². The highest BCUT2D eigenvalue weighted by atomic mass is 35.5. The molecule has 0 atom stereocenters. The molecule has 0 unspecified atom stereocenters. The van der Waals surface area contributed by atoms with Gasteiger partial charge < -0.3 is 20.1 Å². The number of rotatable bonds is 5. The highest BCUT2D eigenvalue weighted by Gasteiger charge is 2.17. The number of carbonyl (C=O) groups is 2. The Bertz CT molecular complexity index is 1060. The van der Waals surface area contributed by atoms with Crippen molar-refractivity contribution in [3.05, 3.63) is 63.1 Å². The van der Waals surface area contributed by atoms with Crippen molar-refractivity contribution in [2.24, 2.45) is 0 Å². The molecule has 0 saturated carbocycles. The number of anilines is 1. The van der Waals surface area contributed by atoms with Crippen molar-refractivity contribution in [3.63, 3.8) is 0 Å². The third-order valence-electron chi connectivity index (χ3n) is 3.81. The van der Waals surface area contributed by atoms with E-state index in [0.29, 0.717) is 32.8 Å². The molecule has 142 valence electrons. The van der Waals surface area contributed by atoms with Crippen molar-refractivity contribution in [2.45, 2.75) is 6.54 Å². The monoisotopic (exact) mass is 416 g/mol. The SMILES string of the molecule is O=C(Nc1ccc2c(c1)OCO2)c1nnc(CNC(=O)c2ccccc2Cl)s1. The van der Waals surface area contributed by atoms with Gasteiger partial charge in [0, 0.05) is 11.8 Å². The smallest absolute Gasteiger partial charge is 0.286 e. The Morgan fingerprint density at radius 3 is 2.75 bits per heavy atom. The Balaban J connectivity index is 1.36. The maximum Gasteiger partial charge on any atom is 0.286 e. The van der Waals surface area contributed by atoms with Gasteiger partial charge in [-0.15, -0.1) is 10.2 Å². The summed E-state index contributed by atoms with van der Waals surface area (Å²) in [5, 5.41) is 14.3. The molecule has 2 heterocycles. The Morgan fingerprint density at radius 1 is 1.07 bits per heavy atom. The van der Waals surface area contributed by atoms with Gasteiger partial charge in [0.1, 0.15) is 5.01 Å². The van der Waals surface area contributed by atoms with E-state index in [-0.39, 0.29) is 24.3 Å². The van der Waals surface area contributed by atoms with Crippen molar-refractivity contribution in [1.82, 2.24) is 15.5 Å². The van der Waals surface area contributed by atoms with Gasteiger partial charge in [0.25, 0.3) is 11.8 Å². The van der Waals surface area contributed by atoms with Crippen LogP contribution in [0.2, 0.25) is 5.02 Å². The molecule has 1 aliphatic rings. The van der Waals surface area contributed by atoms with Crippen LogP contribution in [0.15, 0.2) is 42.5 Å². The first-order chi connectivity index (χ1) is 13.6. The van der Waals surface area contributed by atoms with Crippen LogP contribution in [-0.4, -0.2) is 28.8 Å². The first-order valence-corrected chi connectivity index (χ1v) is 9.36. The maximum atomic E-state index is 12.4. The lowest BCUT2D eigenvalue weighted by Gasteiger charge is -2.04. The number of hydrogen-bond donors (Lipinski definition) is 2. The standard InChI is InChI=1S/C18H13ClN4O4S/c19-12-4-2-1-3-11(12)16(24)20-8-15-22-23-18(28-15)17(25)21-10-5-6-13-14(7-10)27-9-26-13/h1-7H,8-9H2,(H,20,24)(H,21,25). The summed E-state index contributed by atoms with van der Waals surface area (Å²) in [6.45, 7) is 0.297. The molecule has 28 heavy (non-hydrogen) atoms. The van der Waals surface area contributed by atoms with E-state index in [1.54, 1.807) is 42.5 Å². The molecule has 2 amide bonds. The predicted octanol–water partition coefficient (Wildman–Crippen LogP) is 3.10. The minimum absolute atomic E-state index is 0.138. The van der Waals surface area contributed by atoms with E-state index in [1.807, 2.05) is 0 Å². The molecular formula is C18H13ClN4O4S. The average Bonchev–Trinajstić information content (AvgIpc) is 3.35. The number of nitrogens with zero attached hydrogens (tertiary/aromatic N) is 2. The van der Waals surface area contributed by atoms with Crippen LogP contribution < -0.4 is 20.1 Å². The second kappa shape index (κ2) is 7.83. The van der Waals surface area contributed by atoms with Gasteiger partial charge >= 0.3 is 0 Å². The molecule has 0 radical (unpaired) electrons. The van der Waals surface area contributed by atoms with Crippen molar-refractivity contribution in [3.8, 4) is 11.5 Å². The molecule has 0 fully saturated rings. The summed E-state index contributed by atoms with van der Waals surface area (Å²) in [7, 11) is 0. The summed E-state index contributed by atoms with van der Waals surface area (Å²) in [5.74, 6) is 0.468. The summed E-state index contributed by atoms with van der Waals surface area (Å²) in [6, 6.07) is 11.8. The van der Waals surface area contributed by atoms with Gasteiger partial charge in [-0.25, -0.2) is 0 Å². The molecular weight excluding hydrogens is 404 g/mol. The number of aromatic nitrogens is 2. The summed E-state index contributed by atoms with van der Waals surface area (Å²) in [4.78, 5) is 24.5. The maximum absolute atomic E-state index is 12.4. The van der Waals surface area contributed by atoms with E-state index in [2.05, 4.69) is 20.8 Å². The van der Waals surface area contributed by atoms with Crippen LogP contribution in [0.4, 0.5) is 5.69 Å². The minimum Gasteiger partial charge on any atom is -0.454 e. The largest absolute Gasteiger partial charge is 0.454 e. The zero-order valence-electron chi connectivity index (χ0n) is 14.3. The number of nitrogens with one attached hydrogen (secondary N) is 2. The molecule has 1 aliphatic heterocycles. The van der Waals surface area contributed by atoms with E-state index >= 15 is 0 Å². The molecule has 8 nitrogen and oxygen atoms in total. The molecule has 4 rings (SSSR count). The number of ether oxygens (including phenoxy) is 2. The Hall–Kier alpha value is -3.17. The lowest BCUT2D eigenvalue weighted by molar-refractivity contribution is 0.0950. The molecule has 3 aromatic rings. The van der Waals surface area contributed by atoms with E-state index in [0.717, 1.165) is 11.3 Å². The van der Waals surface area contributed by atoms with Crippen LogP contribution in [0.5, 0.6) is 11.5 Å². The number of carbonyl (C=O) groups excluding carboxylic acids is 2. The summed E-state index contributed by atoms with van der Waals surface area (Å²) >= 11 is 7.09. The average molecular weight is 417 g/mol. The zero-order chi connectivity index (χ0) is 19.5. The van der Waals surface area contributed by atoms with Crippen LogP contribution in [0.3, 0.4) is 0 Å². The topological polar surface area (TPSA) is 102 Å². The molecule has 0 aliphatic carbocycles. The first-order valence-electron chi connectivity index (χ1n) is 8.16. The second-order valence-corrected chi connectivity index (χ2v) is 7.15. The van der Waals surface area contributed by atoms with E-state index in [4.69, 9.17) is 21.1 Å². The van der Waals surface area contributed by atoms with Crippen molar-refractivity contribution in [2.75, 3.05) is 12.1 Å². The highest BCUT2D eigenvalue weighted by molar-refractivity contribution is 7.13. The summed E-state index contributed by atoms with van der Waals surface area (Å²) < 4.78 is 10.5. The summed E-state index contributed by atoms with van der Waals surface area (Å²) in [5.41, 5.74) is 0.924.